The molecule has 0 rings (SSSR count). The van der Waals surface area contributed by atoms with E-state index in [4.69, 9.17) is 37.0 Å². The van der Waals surface area contributed by atoms with Gasteiger partial charge in [-0.05, 0) is 49.4 Å². The molecule has 19 heteroatoms. The van der Waals surface area contributed by atoms with Crippen LogP contribution in [0, 0.1) is 23.7 Å². The SMILES string of the molecule is CCC(C)CCCCCCCCCCCCC(=O)OC[C@H](COP(=O)(O)OC[C@@H](O)COP(=O)(O)OC[C@@H](COC(=O)CCCCCCCCC(C)C)OC(=O)CCCCCCCCCC(C)C)OC(=O)CCCCCCCCCCCCCCCCC(C)C. The first-order valence-electron chi connectivity index (χ1n) is 36.7. The number of phosphoric acid groups is 2. The Hall–Kier alpha value is -1.94. The second-order valence-electron chi connectivity index (χ2n) is 27.3. The van der Waals surface area contributed by atoms with E-state index in [2.05, 4.69) is 55.4 Å². The Kier molecular flexibility index (Phi) is 59.4. The Morgan fingerprint density at radius 3 is 0.789 bits per heavy atom. The van der Waals surface area contributed by atoms with Crippen molar-refractivity contribution >= 4 is 39.5 Å². The van der Waals surface area contributed by atoms with Gasteiger partial charge in [-0.3, -0.25) is 37.3 Å². The molecule has 3 unspecified atom stereocenters. The number of phosphoric ester groups is 2. The lowest BCUT2D eigenvalue weighted by atomic mass is 9.99. The van der Waals surface area contributed by atoms with Crippen LogP contribution in [0.2, 0.25) is 0 Å². The van der Waals surface area contributed by atoms with Crippen LogP contribution in [0.3, 0.4) is 0 Å². The molecule has 6 atom stereocenters. The predicted octanol–water partition coefficient (Wildman–Crippen LogP) is 20.1. The fourth-order valence-electron chi connectivity index (χ4n) is 10.6. The van der Waals surface area contributed by atoms with Crippen LogP contribution < -0.4 is 0 Å². The zero-order chi connectivity index (χ0) is 66.8. The molecular weight excluding hydrogens is 1190 g/mol. The van der Waals surface area contributed by atoms with E-state index in [1.54, 1.807) is 0 Å². The Morgan fingerprint density at radius 1 is 0.311 bits per heavy atom. The van der Waals surface area contributed by atoms with Gasteiger partial charge in [0.25, 0.3) is 0 Å². The van der Waals surface area contributed by atoms with Crippen molar-refractivity contribution in [2.45, 2.75) is 369 Å². The summed E-state index contributed by atoms with van der Waals surface area (Å²) in [4.78, 5) is 72.5. The van der Waals surface area contributed by atoms with Crippen molar-refractivity contribution in [3.63, 3.8) is 0 Å². The number of carbonyl (C=O) groups excluding carboxylic acids is 4. The molecule has 0 heterocycles. The topological polar surface area (TPSA) is 237 Å². The van der Waals surface area contributed by atoms with Gasteiger partial charge in [-0.2, -0.15) is 0 Å². The first-order valence-corrected chi connectivity index (χ1v) is 39.7. The van der Waals surface area contributed by atoms with E-state index in [0.717, 1.165) is 108 Å². The standard InChI is InChI=1S/C71H138O17P2/c1-9-64(8)50-42-34-25-19-16-17-20-26-35-43-51-68(73)81-57-66(87-70(75)53-45-37-27-21-15-13-11-10-12-14-18-23-31-39-47-61(2)3)59-85-89(77,78)83-55-65(72)56-84-90(79,80)86-60-67(58-82-69(74)52-44-36-30-29-33-41-49-63(6)7)88-71(76)54-46-38-28-22-24-32-40-48-62(4)5/h61-67,72H,9-60H2,1-8H3,(H,77,78)(H,79,80)/t64?,65-,66-,67-/m1/s1. The molecule has 0 saturated carbocycles. The molecule has 0 aliphatic heterocycles. The highest BCUT2D eigenvalue weighted by Gasteiger charge is 2.30. The number of hydrogen-bond acceptors (Lipinski definition) is 15. The number of hydrogen-bond donors (Lipinski definition) is 3. The van der Waals surface area contributed by atoms with Gasteiger partial charge in [0.1, 0.15) is 19.3 Å². The van der Waals surface area contributed by atoms with E-state index in [9.17, 15) is 43.2 Å². The number of aliphatic hydroxyl groups is 1. The van der Waals surface area contributed by atoms with Gasteiger partial charge in [-0.25, -0.2) is 9.13 Å². The van der Waals surface area contributed by atoms with Crippen LogP contribution in [0.5, 0.6) is 0 Å². The minimum atomic E-state index is -4.95. The first-order chi connectivity index (χ1) is 43.1. The highest BCUT2D eigenvalue weighted by molar-refractivity contribution is 7.47. The van der Waals surface area contributed by atoms with Gasteiger partial charge in [0.2, 0.25) is 0 Å². The van der Waals surface area contributed by atoms with Crippen LogP contribution in [0.25, 0.3) is 0 Å². The van der Waals surface area contributed by atoms with E-state index < -0.39 is 97.5 Å². The van der Waals surface area contributed by atoms with Gasteiger partial charge < -0.3 is 33.8 Å². The first kappa shape index (κ1) is 88.1. The number of ether oxygens (including phenoxy) is 4. The molecule has 0 aliphatic rings. The molecule has 0 bridgehead atoms. The largest absolute Gasteiger partial charge is 0.472 e. The molecule has 17 nitrogen and oxygen atoms in total. The number of unbranched alkanes of at least 4 members (excludes halogenated alkanes) is 33. The van der Waals surface area contributed by atoms with E-state index >= 15 is 0 Å². The summed E-state index contributed by atoms with van der Waals surface area (Å²) in [5.41, 5.74) is 0. The zero-order valence-electron chi connectivity index (χ0n) is 58.8. The van der Waals surface area contributed by atoms with Gasteiger partial charge in [0.15, 0.2) is 12.2 Å². The van der Waals surface area contributed by atoms with Crippen LogP contribution in [0.1, 0.15) is 351 Å². The van der Waals surface area contributed by atoms with Crippen molar-refractivity contribution in [1.82, 2.24) is 0 Å². The average molecular weight is 1330 g/mol. The highest BCUT2D eigenvalue weighted by Crippen LogP contribution is 2.45. The van der Waals surface area contributed by atoms with E-state index in [1.807, 2.05) is 0 Å². The third kappa shape index (κ3) is 63.5. The Labute approximate surface area is 549 Å². The molecule has 3 N–H and O–H groups in total. The molecular formula is C71H138O17P2. The van der Waals surface area contributed by atoms with Gasteiger partial charge >= 0.3 is 39.5 Å². The fourth-order valence-corrected chi connectivity index (χ4v) is 12.2. The Morgan fingerprint density at radius 2 is 0.533 bits per heavy atom. The number of carbonyl (C=O) groups is 4. The molecule has 534 valence electrons. The molecule has 0 saturated heterocycles. The van der Waals surface area contributed by atoms with Gasteiger partial charge in [-0.1, -0.05) is 299 Å². The summed E-state index contributed by atoms with van der Waals surface area (Å²) in [7, 11) is -9.90. The molecule has 0 radical (unpaired) electrons. The van der Waals surface area contributed by atoms with Crippen LogP contribution in [0.15, 0.2) is 0 Å². The smallest absolute Gasteiger partial charge is 0.462 e. The molecule has 0 aliphatic carbocycles. The van der Waals surface area contributed by atoms with Crippen molar-refractivity contribution in [3.05, 3.63) is 0 Å². The second kappa shape index (κ2) is 60.7. The van der Waals surface area contributed by atoms with Gasteiger partial charge in [0.05, 0.1) is 26.4 Å². The normalized spacial score (nSPS) is 14.6. The molecule has 0 amide bonds. The fraction of sp³-hybridized carbons (Fsp3) is 0.944. The Balaban J connectivity index is 5.24. The van der Waals surface area contributed by atoms with Gasteiger partial charge in [-0.15, -0.1) is 0 Å². The summed E-state index contributed by atoms with van der Waals surface area (Å²) in [6, 6.07) is 0. The summed E-state index contributed by atoms with van der Waals surface area (Å²) >= 11 is 0. The minimum absolute atomic E-state index is 0.102. The summed E-state index contributed by atoms with van der Waals surface area (Å²) < 4.78 is 68.3. The number of esters is 4. The molecule has 0 aromatic heterocycles. The average Bonchev–Trinajstić information content (AvgIpc) is 3.71. The second-order valence-corrected chi connectivity index (χ2v) is 30.2. The van der Waals surface area contributed by atoms with E-state index in [-0.39, 0.29) is 25.7 Å². The van der Waals surface area contributed by atoms with E-state index in [1.165, 1.54) is 148 Å². The highest BCUT2D eigenvalue weighted by atomic mass is 31.2. The zero-order valence-corrected chi connectivity index (χ0v) is 60.6. The van der Waals surface area contributed by atoms with Crippen molar-refractivity contribution in [2.75, 3.05) is 39.6 Å². The van der Waals surface area contributed by atoms with Crippen LogP contribution in [-0.2, 0) is 65.4 Å². The predicted molar refractivity (Wildman–Crippen MR) is 363 cm³/mol. The maximum atomic E-state index is 13.0. The minimum Gasteiger partial charge on any atom is -0.462 e. The van der Waals surface area contributed by atoms with Crippen LogP contribution >= 0.6 is 15.6 Å². The molecule has 0 aromatic rings. The monoisotopic (exact) mass is 1320 g/mol. The third-order valence-corrected chi connectivity index (χ3v) is 18.6. The third-order valence-electron chi connectivity index (χ3n) is 16.7. The molecule has 0 fully saturated rings. The number of rotatable bonds is 68. The van der Waals surface area contributed by atoms with Crippen molar-refractivity contribution in [2.24, 2.45) is 23.7 Å². The molecule has 90 heavy (non-hydrogen) atoms. The number of aliphatic hydroxyl groups excluding tert-OH is 1. The Bertz CT molecular complexity index is 1780. The summed E-state index contributed by atoms with van der Waals surface area (Å²) in [5, 5.41) is 10.6. The van der Waals surface area contributed by atoms with Crippen molar-refractivity contribution < 1.29 is 80.2 Å². The van der Waals surface area contributed by atoms with Gasteiger partial charge in [0, 0.05) is 25.7 Å². The summed E-state index contributed by atoms with van der Waals surface area (Å²) in [6.45, 7) is 14.1. The molecule has 0 spiro atoms. The maximum absolute atomic E-state index is 13.0. The lowest BCUT2D eigenvalue weighted by Crippen LogP contribution is -2.30. The van der Waals surface area contributed by atoms with Crippen molar-refractivity contribution in [3.8, 4) is 0 Å². The summed E-state index contributed by atoms with van der Waals surface area (Å²) in [5.74, 6) is 0.848. The molecule has 0 aromatic carbocycles. The summed E-state index contributed by atoms with van der Waals surface area (Å²) in [6.07, 6.45) is 43.2. The quantitative estimate of drug-likeness (QED) is 0.0222. The maximum Gasteiger partial charge on any atom is 0.472 e. The lowest BCUT2D eigenvalue weighted by Gasteiger charge is -2.21. The van der Waals surface area contributed by atoms with Crippen LogP contribution in [0.4, 0.5) is 0 Å². The van der Waals surface area contributed by atoms with Crippen molar-refractivity contribution in [1.29, 1.82) is 0 Å². The van der Waals surface area contributed by atoms with Crippen LogP contribution in [-0.4, -0.2) is 96.7 Å². The lowest BCUT2D eigenvalue weighted by molar-refractivity contribution is -0.161. The van der Waals surface area contributed by atoms with E-state index in [0.29, 0.717) is 37.5 Å².